The molecule has 0 aliphatic carbocycles. The van der Waals surface area contributed by atoms with Gasteiger partial charge in [0.15, 0.2) is 10.3 Å². The molecule has 0 aliphatic heterocycles. The summed E-state index contributed by atoms with van der Waals surface area (Å²) in [6.07, 6.45) is 0.723. The van der Waals surface area contributed by atoms with Crippen LogP contribution >= 0.6 is 15.9 Å². The van der Waals surface area contributed by atoms with E-state index in [1.54, 1.807) is 16.9 Å². The van der Waals surface area contributed by atoms with E-state index >= 15 is 0 Å². The Kier molecular flexibility index (Phi) is 6.50. The zero-order chi connectivity index (χ0) is 27.4. The number of aromatic nitrogens is 3. The topological polar surface area (TPSA) is 90.0 Å². The van der Waals surface area contributed by atoms with Gasteiger partial charge in [0.05, 0.1) is 12.2 Å². The highest BCUT2D eigenvalue weighted by molar-refractivity contribution is 9.10. The van der Waals surface area contributed by atoms with Gasteiger partial charge >= 0.3 is 15.5 Å². The monoisotopic (exact) mass is 606 g/mol. The second kappa shape index (κ2) is 9.42. The van der Waals surface area contributed by atoms with Crippen LogP contribution in [0.3, 0.4) is 0 Å². The second-order valence-electron chi connectivity index (χ2n) is 8.90. The Labute approximate surface area is 224 Å². The molecule has 0 spiro atoms. The number of para-hydroxylation sites is 1. The molecule has 0 amide bonds. The van der Waals surface area contributed by atoms with Crippen LogP contribution in [0, 0.1) is 13.8 Å². The van der Waals surface area contributed by atoms with Crippen molar-refractivity contribution in [1.29, 1.82) is 0 Å². The molecule has 0 bridgehead atoms. The molecular weight excluding hydrogens is 585 g/mol. The van der Waals surface area contributed by atoms with Crippen molar-refractivity contribution in [3.05, 3.63) is 75.8 Å². The number of aryl methyl sites for hydroxylation is 3. The third-order valence-electron chi connectivity index (χ3n) is 6.21. The first-order chi connectivity index (χ1) is 17.9. The fourth-order valence-electron chi connectivity index (χ4n) is 4.49. The fraction of sp³-hybridized carbons (Fsp3) is 0.231. The van der Waals surface area contributed by atoms with Gasteiger partial charge in [-0.25, -0.2) is 9.97 Å². The highest BCUT2D eigenvalue weighted by Gasteiger charge is 2.46. The van der Waals surface area contributed by atoms with E-state index in [-0.39, 0.29) is 17.0 Å². The maximum absolute atomic E-state index is 13.0. The summed E-state index contributed by atoms with van der Waals surface area (Å²) in [6.45, 7) is 6.49. The molecule has 5 aromatic rings. The van der Waals surface area contributed by atoms with E-state index in [1.807, 2.05) is 39.0 Å². The Morgan fingerprint density at radius 1 is 1.05 bits per heavy atom. The summed E-state index contributed by atoms with van der Waals surface area (Å²) in [6, 6.07) is 13.4. The molecule has 0 aliphatic rings. The van der Waals surface area contributed by atoms with Crippen molar-refractivity contribution < 1.29 is 26.0 Å². The second-order valence-corrected chi connectivity index (χ2v) is 11.3. The average Bonchev–Trinajstić information content (AvgIpc) is 3.36. The lowest BCUT2D eigenvalue weighted by Crippen LogP contribution is -2.30. The van der Waals surface area contributed by atoms with Gasteiger partial charge in [-0.15, -0.1) is 0 Å². The van der Waals surface area contributed by atoms with Crippen LogP contribution in [0.2, 0.25) is 0 Å². The summed E-state index contributed by atoms with van der Waals surface area (Å²) in [5.41, 5.74) is -0.974. The maximum Gasteiger partial charge on any atom is 0.516 e. The number of hydrogen-bond donors (Lipinski definition) is 1. The van der Waals surface area contributed by atoms with E-state index in [1.165, 1.54) is 18.2 Å². The van der Waals surface area contributed by atoms with Crippen LogP contribution in [0.25, 0.3) is 33.3 Å². The van der Waals surface area contributed by atoms with Gasteiger partial charge in [-0.3, -0.25) is 4.72 Å². The smallest absolute Gasteiger partial charge is 0.448 e. The molecule has 0 atom stereocenters. The first-order valence-corrected chi connectivity index (χ1v) is 13.9. The normalized spacial score (nSPS) is 12.5. The van der Waals surface area contributed by atoms with Crippen molar-refractivity contribution in [3.63, 3.8) is 0 Å². The Hall–Kier alpha value is -3.38. The minimum Gasteiger partial charge on any atom is -0.448 e. The molecule has 0 saturated carbocycles. The zero-order valence-corrected chi connectivity index (χ0v) is 22.9. The van der Waals surface area contributed by atoms with Crippen LogP contribution in [0.15, 0.2) is 57.6 Å². The van der Waals surface area contributed by atoms with E-state index in [2.05, 4.69) is 20.5 Å². The lowest BCUT2D eigenvalue weighted by molar-refractivity contribution is -0.0429. The van der Waals surface area contributed by atoms with Gasteiger partial charge in [-0.05, 0) is 65.2 Å². The third kappa shape index (κ3) is 4.55. The largest absolute Gasteiger partial charge is 0.516 e. The quantitative estimate of drug-likeness (QED) is 0.223. The predicted octanol–water partition coefficient (Wildman–Crippen LogP) is 7.10. The van der Waals surface area contributed by atoms with Crippen molar-refractivity contribution >= 4 is 53.6 Å². The van der Waals surface area contributed by atoms with Crippen LogP contribution in [0.4, 0.5) is 18.9 Å². The van der Waals surface area contributed by atoms with E-state index in [0.29, 0.717) is 22.0 Å². The van der Waals surface area contributed by atoms with Gasteiger partial charge in [0.25, 0.3) is 0 Å². The number of nitrogens with one attached hydrogen (secondary N) is 1. The van der Waals surface area contributed by atoms with Crippen molar-refractivity contribution in [2.45, 2.75) is 39.2 Å². The lowest BCUT2D eigenvalue weighted by Gasteiger charge is -2.13. The van der Waals surface area contributed by atoms with Crippen LogP contribution < -0.4 is 4.72 Å². The van der Waals surface area contributed by atoms with Gasteiger partial charge < -0.3 is 8.98 Å². The summed E-state index contributed by atoms with van der Waals surface area (Å²) in [4.78, 5) is 9.50. The van der Waals surface area contributed by atoms with Crippen molar-refractivity contribution in [2.24, 2.45) is 0 Å². The molecular formula is C26H22BrF3N4O3S. The highest BCUT2D eigenvalue weighted by atomic mass is 79.9. The number of halogens is 4. The number of anilines is 1. The van der Waals surface area contributed by atoms with E-state index in [0.717, 1.165) is 40.2 Å². The summed E-state index contributed by atoms with van der Waals surface area (Å²) in [5.74, 6) is 1.13. The van der Waals surface area contributed by atoms with Crippen LogP contribution in [0.5, 0.6) is 0 Å². The molecule has 38 heavy (non-hydrogen) atoms. The summed E-state index contributed by atoms with van der Waals surface area (Å²) in [5, 5.41) is 1.30. The predicted molar refractivity (Wildman–Crippen MR) is 143 cm³/mol. The fourth-order valence-corrected chi connectivity index (χ4v) is 5.56. The molecule has 0 fully saturated rings. The van der Waals surface area contributed by atoms with Crippen LogP contribution in [0.1, 0.15) is 29.6 Å². The first kappa shape index (κ1) is 26.2. The van der Waals surface area contributed by atoms with E-state index in [4.69, 9.17) is 14.4 Å². The number of pyridine rings is 1. The van der Waals surface area contributed by atoms with Gasteiger partial charge in [-0.1, -0.05) is 31.2 Å². The minimum atomic E-state index is -5.61. The Balaban J connectivity index is 1.57. The van der Waals surface area contributed by atoms with Gasteiger partial charge in [-0.2, -0.15) is 21.6 Å². The summed E-state index contributed by atoms with van der Waals surface area (Å²) in [7, 11) is -5.61. The van der Waals surface area contributed by atoms with Crippen molar-refractivity contribution in [3.8, 4) is 11.3 Å². The molecule has 198 valence electrons. The average molecular weight is 607 g/mol. The molecule has 3 heterocycles. The third-order valence-corrected chi connectivity index (χ3v) is 7.90. The molecule has 3 aromatic heterocycles. The number of fused-ring (bicyclic) bond motifs is 2. The minimum absolute atomic E-state index is 0.174. The Morgan fingerprint density at radius 2 is 1.79 bits per heavy atom. The molecule has 0 radical (unpaired) electrons. The summed E-state index contributed by atoms with van der Waals surface area (Å²) >= 11 is 3.42. The molecule has 1 N–H and O–H groups in total. The molecule has 12 heteroatoms. The number of alkyl halides is 3. The lowest BCUT2D eigenvalue weighted by atomic mass is 10.0. The van der Waals surface area contributed by atoms with Gasteiger partial charge in [0.1, 0.15) is 17.1 Å². The van der Waals surface area contributed by atoms with Crippen LogP contribution in [-0.2, 0) is 23.0 Å². The Bertz CT molecular complexity index is 1810. The zero-order valence-electron chi connectivity index (χ0n) is 20.5. The molecule has 7 nitrogen and oxygen atoms in total. The van der Waals surface area contributed by atoms with Gasteiger partial charge in [0.2, 0.25) is 0 Å². The van der Waals surface area contributed by atoms with Crippen molar-refractivity contribution in [2.75, 3.05) is 4.72 Å². The van der Waals surface area contributed by atoms with Gasteiger partial charge in [0, 0.05) is 28.5 Å². The number of imidazole rings is 1. The number of sulfonamides is 1. The van der Waals surface area contributed by atoms with E-state index < -0.39 is 15.5 Å². The molecule has 5 rings (SSSR count). The number of hydrogen-bond acceptors (Lipinski definition) is 5. The number of rotatable bonds is 6. The maximum atomic E-state index is 13.0. The molecule has 0 saturated heterocycles. The van der Waals surface area contributed by atoms with Crippen molar-refractivity contribution in [1.82, 2.24) is 14.5 Å². The number of benzene rings is 2. The standard InChI is InChI=1S/C26H22BrF3N4O3S/c1-4-21-32-22-14(2)11-15(3)31-25(22)34(21)13-16-9-10-17-19(12-16)24(27)37-23(17)18-7-5-6-8-20(18)33-38(35,36)26(28,29)30/h5-12,33H,4,13H2,1-3H3. The Morgan fingerprint density at radius 3 is 2.50 bits per heavy atom. The molecule has 2 aromatic carbocycles. The van der Waals surface area contributed by atoms with Crippen LogP contribution in [-0.4, -0.2) is 28.5 Å². The molecule has 0 unspecified atom stereocenters. The SMILES string of the molecule is CCc1nc2c(C)cc(C)nc2n1Cc1ccc2c(-c3ccccc3NS(=O)(=O)C(F)(F)F)oc(Br)c2c1. The number of furan rings is 1. The number of nitrogens with zero attached hydrogens (tertiary/aromatic N) is 3. The highest BCUT2D eigenvalue weighted by Crippen LogP contribution is 2.41. The first-order valence-electron chi connectivity index (χ1n) is 11.6. The summed E-state index contributed by atoms with van der Waals surface area (Å²) < 4.78 is 72.6. The van der Waals surface area contributed by atoms with E-state index in [9.17, 15) is 21.6 Å².